The van der Waals surface area contributed by atoms with E-state index in [0.29, 0.717) is 6.54 Å². The Hall–Kier alpha value is -1.53. The third-order valence-corrected chi connectivity index (χ3v) is 5.26. The van der Waals surface area contributed by atoms with Gasteiger partial charge in [0, 0.05) is 25.7 Å². The SMILES string of the molecule is NC1(C(=O)NC2CCN(Cc3ccc(F)c(F)c3)CC2)CCCC1. The Labute approximate surface area is 141 Å². The van der Waals surface area contributed by atoms with Crippen molar-refractivity contribution >= 4 is 5.91 Å². The average molecular weight is 337 g/mol. The van der Waals surface area contributed by atoms with Crippen LogP contribution in [0.3, 0.4) is 0 Å². The summed E-state index contributed by atoms with van der Waals surface area (Å²) in [4.78, 5) is 14.5. The maximum atomic E-state index is 13.3. The molecule has 0 aromatic heterocycles. The second-order valence-electron chi connectivity index (χ2n) is 7.14. The molecule has 0 atom stereocenters. The summed E-state index contributed by atoms with van der Waals surface area (Å²) in [6.07, 6.45) is 5.30. The molecule has 1 aromatic rings. The Morgan fingerprint density at radius 1 is 1.21 bits per heavy atom. The number of hydrogen-bond acceptors (Lipinski definition) is 3. The van der Waals surface area contributed by atoms with Crippen molar-refractivity contribution in [3.05, 3.63) is 35.4 Å². The zero-order valence-electron chi connectivity index (χ0n) is 13.9. The summed E-state index contributed by atoms with van der Waals surface area (Å²) in [6, 6.07) is 4.19. The van der Waals surface area contributed by atoms with E-state index in [1.54, 1.807) is 6.07 Å². The van der Waals surface area contributed by atoms with Crippen molar-refractivity contribution in [2.24, 2.45) is 5.73 Å². The summed E-state index contributed by atoms with van der Waals surface area (Å²) >= 11 is 0. The molecule has 1 amide bonds. The third-order valence-electron chi connectivity index (χ3n) is 5.26. The van der Waals surface area contributed by atoms with E-state index < -0.39 is 17.2 Å². The molecule has 0 bridgehead atoms. The van der Waals surface area contributed by atoms with Gasteiger partial charge in [-0.1, -0.05) is 18.9 Å². The molecule has 3 N–H and O–H groups in total. The van der Waals surface area contributed by atoms with E-state index in [1.807, 2.05) is 0 Å². The number of hydrogen-bond donors (Lipinski definition) is 2. The zero-order valence-corrected chi connectivity index (χ0v) is 13.9. The minimum Gasteiger partial charge on any atom is -0.352 e. The first kappa shape index (κ1) is 17.3. The van der Waals surface area contributed by atoms with Crippen LogP contribution in [0.5, 0.6) is 0 Å². The van der Waals surface area contributed by atoms with Crippen molar-refractivity contribution in [2.75, 3.05) is 13.1 Å². The van der Waals surface area contributed by atoms with Gasteiger partial charge in [0.05, 0.1) is 5.54 Å². The molecule has 0 spiro atoms. The molecule has 132 valence electrons. The number of nitrogens with two attached hydrogens (primary N) is 1. The van der Waals surface area contributed by atoms with Gasteiger partial charge in [-0.25, -0.2) is 8.78 Å². The number of carbonyl (C=O) groups excluding carboxylic acids is 1. The number of piperidine rings is 1. The van der Waals surface area contributed by atoms with Crippen LogP contribution in [0.15, 0.2) is 18.2 Å². The van der Waals surface area contributed by atoms with Crippen molar-refractivity contribution in [1.82, 2.24) is 10.2 Å². The molecule has 3 rings (SSSR count). The summed E-state index contributed by atoms with van der Waals surface area (Å²) in [5.74, 6) is -1.64. The molecular formula is C18H25F2N3O. The van der Waals surface area contributed by atoms with E-state index in [9.17, 15) is 13.6 Å². The standard InChI is InChI=1S/C18H25F2N3O/c19-15-4-3-13(11-16(15)20)12-23-9-5-14(6-10-23)22-17(24)18(21)7-1-2-8-18/h3-4,11,14H,1-2,5-10,12,21H2,(H,22,24). The van der Waals surface area contributed by atoms with Gasteiger partial charge >= 0.3 is 0 Å². The highest BCUT2D eigenvalue weighted by Crippen LogP contribution is 2.27. The van der Waals surface area contributed by atoms with Gasteiger partial charge in [0.25, 0.3) is 0 Å². The fourth-order valence-corrected chi connectivity index (χ4v) is 3.69. The molecule has 1 saturated heterocycles. The van der Waals surface area contributed by atoms with Crippen LogP contribution < -0.4 is 11.1 Å². The molecule has 1 heterocycles. The van der Waals surface area contributed by atoms with Gasteiger partial charge in [0.15, 0.2) is 11.6 Å². The predicted molar refractivity (Wildman–Crippen MR) is 88.2 cm³/mol. The number of rotatable bonds is 4. The van der Waals surface area contributed by atoms with E-state index >= 15 is 0 Å². The van der Waals surface area contributed by atoms with E-state index in [0.717, 1.165) is 57.2 Å². The van der Waals surface area contributed by atoms with Gasteiger partial charge in [-0.15, -0.1) is 0 Å². The van der Waals surface area contributed by atoms with Crippen molar-refractivity contribution in [3.63, 3.8) is 0 Å². The van der Waals surface area contributed by atoms with Crippen LogP contribution in [-0.4, -0.2) is 35.5 Å². The number of nitrogens with zero attached hydrogens (tertiary/aromatic N) is 1. The first-order valence-corrected chi connectivity index (χ1v) is 8.72. The van der Waals surface area contributed by atoms with Crippen LogP contribution >= 0.6 is 0 Å². The highest BCUT2D eigenvalue weighted by Gasteiger charge is 2.38. The largest absolute Gasteiger partial charge is 0.352 e. The number of nitrogens with one attached hydrogen (secondary N) is 1. The van der Waals surface area contributed by atoms with Crippen molar-refractivity contribution < 1.29 is 13.6 Å². The maximum absolute atomic E-state index is 13.3. The van der Waals surface area contributed by atoms with Gasteiger partial charge in [-0.3, -0.25) is 9.69 Å². The van der Waals surface area contributed by atoms with Gasteiger partial charge < -0.3 is 11.1 Å². The number of amides is 1. The molecule has 6 heteroatoms. The maximum Gasteiger partial charge on any atom is 0.240 e. The van der Waals surface area contributed by atoms with Gasteiger partial charge in [0.2, 0.25) is 5.91 Å². The van der Waals surface area contributed by atoms with Crippen LogP contribution in [0.2, 0.25) is 0 Å². The molecule has 0 unspecified atom stereocenters. The van der Waals surface area contributed by atoms with Crippen LogP contribution in [0.25, 0.3) is 0 Å². The normalized spacial score (nSPS) is 21.8. The monoisotopic (exact) mass is 337 g/mol. The first-order chi connectivity index (χ1) is 11.5. The smallest absolute Gasteiger partial charge is 0.240 e. The van der Waals surface area contributed by atoms with E-state index in [2.05, 4.69) is 10.2 Å². The topological polar surface area (TPSA) is 58.4 Å². The molecule has 1 aliphatic heterocycles. The number of likely N-dealkylation sites (tertiary alicyclic amines) is 1. The van der Waals surface area contributed by atoms with Gasteiger partial charge in [-0.2, -0.15) is 0 Å². The first-order valence-electron chi connectivity index (χ1n) is 8.72. The number of halogens is 2. The van der Waals surface area contributed by atoms with Crippen molar-refractivity contribution in [3.8, 4) is 0 Å². The highest BCUT2D eigenvalue weighted by atomic mass is 19.2. The molecule has 24 heavy (non-hydrogen) atoms. The summed E-state index contributed by atoms with van der Waals surface area (Å²) in [6.45, 7) is 2.24. The minimum atomic E-state index is -0.817. The molecule has 1 saturated carbocycles. The quantitative estimate of drug-likeness (QED) is 0.886. The van der Waals surface area contributed by atoms with Crippen LogP contribution in [0.1, 0.15) is 44.1 Å². The lowest BCUT2D eigenvalue weighted by Gasteiger charge is -2.34. The number of benzene rings is 1. The lowest BCUT2D eigenvalue weighted by atomic mass is 9.96. The Morgan fingerprint density at radius 2 is 1.88 bits per heavy atom. The molecule has 4 nitrogen and oxygen atoms in total. The van der Waals surface area contributed by atoms with Crippen LogP contribution in [0, 0.1) is 11.6 Å². The fraction of sp³-hybridized carbons (Fsp3) is 0.611. The van der Waals surface area contributed by atoms with Gasteiger partial charge in [0.1, 0.15) is 0 Å². The molecule has 0 radical (unpaired) electrons. The second-order valence-corrected chi connectivity index (χ2v) is 7.14. The van der Waals surface area contributed by atoms with E-state index in [1.165, 1.54) is 12.1 Å². The molecule has 1 aliphatic carbocycles. The van der Waals surface area contributed by atoms with Crippen molar-refractivity contribution in [1.29, 1.82) is 0 Å². The third kappa shape index (κ3) is 3.92. The number of carbonyl (C=O) groups is 1. The molecule has 2 fully saturated rings. The summed E-state index contributed by atoms with van der Waals surface area (Å²) in [5.41, 5.74) is 6.28. The highest BCUT2D eigenvalue weighted by molar-refractivity contribution is 5.86. The van der Waals surface area contributed by atoms with E-state index in [-0.39, 0.29) is 11.9 Å². The lowest BCUT2D eigenvalue weighted by molar-refractivity contribution is -0.127. The summed E-state index contributed by atoms with van der Waals surface area (Å²) < 4.78 is 26.2. The minimum absolute atomic E-state index is 0.0148. The molecule has 2 aliphatic rings. The molecular weight excluding hydrogens is 312 g/mol. The predicted octanol–water partition coefficient (Wildman–Crippen LogP) is 2.32. The Balaban J connectivity index is 1.47. The van der Waals surface area contributed by atoms with Crippen LogP contribution in [-0.2, 0) is 11.3 Å². The van der Waals surface area contributed by atoms with Gasteiger partial charge in [-0.05, 0) is 43.4 Å². The summed E-state index contributed by atoms with van der Waals surface area (Å²) in [5, 5.41) is 3.10. The average Bonchev–Trinajstić information content (AvgIpc) is 3.01. The lowest BCUT2D eigenvalue weighted by Crippen LogP contribution is -2.56. The fourth-order valence-electron chi connectivity index (χ4n) is 3.69. The van der Waals surface area contributed by atoms with Crippen molar-refractivity contribution in [2.45, 2.75) is 56.7 Å². The Morgan fingerprint density at radius 3 is 2.50 bits per heavy atom. The Bertz CT molecular complexity index is 594. The summed E-state index contributed by atoms with van der Waals surface area (Å²) in [7, 11) is 0. The van der Waals surface area contributed by atoms with E-state index in [4.69, 9.17) is 5.73 Å². The second kappa shape index (κ2) is 7.15. The molecule has 1 aromatic carbocycles. The zero-order chi connectivity index (χ0) is 17.2. The Kier molecular flexibility index (Phi) is 5.15. The van der Waals surface area contributed by atoms with Crippen LogP contribution in [0.4, 0.5) is 8.78 Å².